The van der Waals surface area contributed by atoms with Crippen molar-refractivity contribution in [3.05, 3.63) is 64.2 Å². The SMILES string of the molecule is CC.CCc1cc(-c2c[nH]c(=S)n2-c2ccc3c(c2)c(C)c(C)n3C)ccc1O. The Morgan fingerprint density at radius 3 is 2.48 bits per heavy atom. The molecule has 2 aromatic carbocycles. The maximum absolute atomic E-state index is 10.0. The van der Waals surface area contributed by atoms with Crippen LogP contribution in [0.15, 0.2) is 42.6 Å². The monoisotopic (exact) mass is 407 g/mol. The number of nitrogens with zero attached hydrogens (tertiary/aromatic N) is 2. The largest absolute Gasteiger partial charge is 0.508 e. The average Bonchev–Trinajstić information content (AvgIpc) is 3.23. The van der Waals surface area contributed by atoms with Crippen LogP contribution in [0.2, 0.25) is 0 Å². The molecule has 0 aliphatic rings. The fourth-order valence-corrected chi connectivity index (χ4v) is 4.01. The molecule has 4 rings (SSSR count). The van der Waals surface area contributed by atoms with Gasteiger partial charge in [-0.25, -0.2) is 0 Å². The zero-order chi connectivity index (χ0) is 21.3. The molecule has 0 atom stereocenters. The molecule has 0 fully saturated rings. The predicted molar refractivity (Wildman–Crippen MR) is 125 cm³/mol. The number of nitrogens with one attached hydrogen (secondary N) is 1. The molecule has 0 aliphatic heterocycles. The minimum atomic E-state index is 0.332. The van der Waals surface area contributed by atoms with Crippen LogP contribution in [0.5, 0.6) is 5.75 Å². The van der Waals surface area contributed by atoms with E-state index in [1.807, 2.05) is 39.1 Å². The summed E-state index contributed by atoms with van der Waals surface area (Å²) in [5, 5.41) is 11.3. The predicted octanol–water partition coefficient (Wildman–Crippen LogP) is 6.60. The first-order chi connectivity index (χ1) is 13.9. The van der Waals surface area contributed by atoms with E-state index in [0.717, 1.165) is 28.9 Å². The fourth-order valence-electron chi connectivity index (χ4n) is 3.75. The summed E-state index contributed by atoms with van der Waals surface area (Å²) in [4.78, 5) is 3.18. The van der Waals surface area contributed by atoms with Gasteiger partial charge in [0.1, 0.15) is 5.75 Å². The number of benzene rings is 2. The van der Waals surface area contributed by atoms with Crippen LogP contribution in [0.4, 0.5) is 0 Å². The smallest absolute Gasteiger partial charge is 0.182 e. The minimum absolute atomic E-state index is 0.332. The number of fused-ring (bicyclic) bond motifs is 1. The summed E-state index contributed by atoms with van der Waals surface area (Å²) < 4.78 is 4.93. The zero-order valence-corrected chi connectivity index (χ0v) is 18.8. The van der Waals surface area contributed by atoms with Crippen LogP contribution in [0.1, 0.15) is 37.6 Å². The Balaban J connectivity index is 0.00000117. The molecule has 4 nitrogen and oxygen atoms in total. The Labute approximate surface area is 177 Å². The highest BCUT2D eigenvalue weighted by molar-refractivity contribution is 7.71. The third-order valence-electron chi connectivity index (χ3n) is 5.58. The van der Waals surface area contributed by atoms with Gasteiger partial charge in [-0.05, 0) is 80.0 Å². The molecule has 4 aromatic rings. The van der Waals surface area contributed by atoms with E-state index in [1.165, 1.54) is 22.2 Å². The molecule has 0 amide bonds. The number of aromatic amines is 1. The lowest BCUT2D eigenvalue weighted by Crippen LogP contribution is -1.98. The van der Waals surface area contributed by atoms with Gasteiger partial charge in [0.25, 0.3) is 0 Å². The molecule has 5 heteroatoms. The minimum Gasteiger partial charge on any atom is -0.508 e. The van der Waals surface area contributed by atoms with Crippen molar-refractivity contribution in [3.63, 3.8) is 0 Å². The molecule has 2 heterocycles. The molecule has 29 heavy (non-hydrogen) atoms. The first-order valence-corrected chi connectivity index (χ1v) is 10.5. The van der Waals surface area contributed by atoms with E-state index in [1.54, 1.807) is 6.07 Å². The summed E-state index contributed by atoms with van der Waals surface area (Å²) in [7, 11) is 2.10. The van der Waals surface area contributed by atoms with Gasteiger partial charge in [-0.15, -0.1) is 0 Å². The molecule has 0 bridgehead atoms. The van der Waals surface area contributed by atoms with Gasteiger partial charge in [-0.2, -0.15) is 0 Å². The second-order valence-corrected chi connectivity index (χ2v) is 7.37. The molecule has 2 N–H and O–H groups in total. The number of aromatic hydroxyl groups is 1. The lowest BCUT2D eigenvalue weighted by Gasteiger charge is -2.11. The van der Waals surface area contributed by atoms with E-state index in [-0.39, 0.29) is 0 Å². The van der Waals surface area contributed by atoms with Gasteiger partial charge in [-0.3, -0.25) is 4.57 Å². The zero-order valence-electron chi connectivity index (χ0n) is 18.0. The van der Waals surface area contributed by atoms with Crippen LogP contribution in [-0.4, -0.2) is 19.2 Å². The number of hydrogen-bond donors (Lipinski definition) is 2. The number of hydrogen-bond acceptors (Lipinski definition) is 2. The topological polar surface area (TPSA) is 45.9 Å². The Kier molecular flexibility index (Phi) is 5.99. The highest BCUT2D eigenvalue weighted by Gasteiger charge is 2.14. The van der Waals surface area contributed by atoms with Crippen molar-refractivity contribution < 1.29 is 5.11 Å². The second kappa shape index (κ2) is 8.29. The summed E-state index contributed by atoms with van der Waals surface area (Å²) >= 11 is 5.58. The summed E-state index contributed by atoms with van der Waals surface area (Å²) in [6.45, 7) is 10.3. The molecule has 2 aromatic heterocycles. The first kappa shape index (κ1) is 20.9. The maximum atomic E-state index is 10.0. The highest BCUT2D eigenvalue weighted by Crippen LogP contribution is 2.31. The normalized spacial score (nSPS) is 10.8. The number of aryl methyl sites for hydroxylation is 3. The number of imidazole rings is 1. The van der Waals surface area contributed by atoms with Crippen molar-refractivity contribution in [2.45, 2.75) is 41.0 Å². The summed E-state index contributed by atoms with van der Waals surface area (Å²) in [6.07, 6.45) is 2.71. The summed E-state index contributed by atoms with van der Waals surface area (Å²) in [5.74, 6) is 0.332. The Bertz CT molecular complexity index is 1230. The van der Waals surface area contributed by atoms with E-state index in [4.69, 9.17) is 12.2 Å². The van der Waals surface area contributed by atoms with Crippen molar-refractivity contribution >= 4 is 23.1 Å². The number of phenols is 1. The van der Waals surface area contributed by atoms with E-state index in [0.29, 0.717) is 10.5 Å². The number of aromatic nitrogens is 3. The van der Waals surface area contributed by atoms with E-state index in [9.17, 15) is 5.11 Å². The third kappa shape index (κ3) is 3.51. The van der Waals surface area contributed by atoms with Crippen molar-refractivity contribution in [1.82, 2.24) is 14.1 Å². The Hall–Kier alpha value is -2.79. The number of rotatable bonds is 3. The van der Waals surface area contributed by atoms with Gasteiger partial charge >= 0.3 is 0 Å². The molecule has 0 aliphatic carbocycles. The highest BCUT2D eigenvalue weighted by atomic mass is 32.1. The Morgan fingerprint density at radius 1 is 1.07 bits per heavy atom. The van der Waals surface area contributed by atoms with Gasteiger partial charge in [0.2, 0.25) is 0 Å². The molecular weight excluding hydrogens is 378 g/mol. The van der Waals surface area contributed by atoms with E-state index in [2.05, 4.69) is 53.2 Å². The number of phenolic OH excluding ortho intramolecular Hbond substituents is 1. The fraction of sp³-hybridized carbons (Fsp3) is 0.292. The van der Waals surface area contributed by atoms with Gasteiger partial charge in [0.15, 0.2) is 4.77 Å². The molecule has 0 spiro atoms. The van der Waals surface area contributed by atoms with Crippen molar-refractivity contribution in [2.24, 2.45) is 7.05 Å². The van der Waals surface area contributed by atoms with Gasteiger partial charge in [-0.1, -0.05) is 20.8 Å². The maximum Gasteiger partial charge on any atom is 0.182 e. The van der Waals surface area contributed by atoms with Crippen LogP contribution in [-0.2, 0) is 13.5 Å². The Morgan fingerprint density at radius 2 is 1.79 bits per heavy atom. The molecule has 0 radical (unpaired) electrons. The summed E-state index contributed by atoms with van der Waals surface area (Å²) in [5.41, 5.74) is 7.74. The van der Waals surface area contributed by atoms with E-state index < -0.39 is 0 Å². The van der Waals surface area contributed by atoms with Gasteiger partial charge in [0.05, 0.1) is 5.69 Å². The number of H-pyrrole nitrogens is 1. The molecule has 0 unspecified atom stereocenters. The van der Waals surface area contributed by atoms with Crippen LogP contribution in [0, 0.1) is 18.6 Å². The van der Waals surface area contributed by atoms with Crippen LogP contribution < -0.4 is 0 Å². The molecule has 0 saturated carbocycles. The third-order valence-corrected chi connectivity index (χ3v) is 5.88. The van der Waals surface area contributed by atoms with Gasteiger partial charge in [0, 0.05) is 41.1 Å². The molecular formula is C24H29N3OS. The van der Waals surface area contributed by atoms with Crippen molar-refractivity contribution in [3.8, 4) is 22.7 Å². The second-order valence-electron chi connectivity index (χ2n) is 6.98. The van der Waals surface area contributed by atoms with Crippen molar-refractivity contribution in [2.75, 3.05) is 0 Å². The average molecular weight is 408 g/mol. The summed E-state index contributed by atoms with van der Waals surface area (Å²) in [6, 6.07) is 12.2. The van der Waals surface area contributed by atoms with Crippen LogP contribution in [0.3, 0.4) is 0 Å². The molecule has 152 valence electrons. The van der Waals surface area contributed by atoms with Crippen LogP contribution >= 0.6 is 12.2 Å². The quantitative estimate of drug-likeness (QED) is 0.376. The van der Waals surface area contributed by atoms with Gasteiger partial charge < -0.3 is 14.7 Å². The van der Waals surface area contributed by atoms with E-state index >= 15 is 0 Å². The lowest BCUT2D eigenvalue weighted by molar-refractivity contribution is 0.469. The molecule has 0 saturated heterocycles. The standard InChI is InChI=1S/C22H23N3OS.C2H6/c1-5-15-10-16(6-9-21(15)26)20-12-23-22(27)25(20)17-7-8-19-18(11-17)13(2)14(3)24(19)4;1-2/h6-12,26H,5H2,1-4H3,(H,23,27);1-2H3. The first-order valence-electron chi connectivity index (χ1n) is 10.1. The van der Waals surface area contributed by atoms with Crippen LogP contribution in [0.25, 0.3) is 27.8 Å². The van der Waals surface area contributed by atoms with Crippen molar-refractivity contribution in [1.29, 1.82) is 0 Å². The lowest BCUT2D eigenvalue weighted by atomic mass is 10.1.